The molecule has 4 rings (SSSR count). The standard InChI is InChI=1S/C21H24N2O7S/c1-29-13-6-4-12(5-7-13)14-8-9-17-18-15(10-22(17)20(14)25)16(11-24)19(21(26)30-2)23(18)31(3,27)28/h4-9,15-16,18-19,24H,10-11H2,1-3H3/t15-,16-,18+,19-/m0/s1. The van der Waals surface area contributed by atoms with Gasteiger partial charge in [0.1, 0.15) is 11.8 Å². The van der Waals surface area contributed by atoms with Gasteiger partial charge in [-0.3, -0.25) is 9.59 Å². The highest BCUT2D eigenvalue weighted by molar-refractivity contribution is 7.88. The van der Waals surface area contributed by atoms with Crippen LogP contribution in [0, 0.1) is 11.8 Å². The van der Waals surface area contributed by atoms with E-state index in [0.717, 1.165) is 10.6 Å². The lowest BCUT2D eigenvalue weighted by Gasteiger charge is -2.27. The molecule has 0 saturated carbocycles. The molecule has 0 bridgehead atoms. The van der Waals surface area contributed by atoms with Gasteiger partial charge in [-0.2, -0.15) is 4.31 Å². The Morgan fingerprint density at radius 3 is 2.39 bits per heavy atom. The highest BCUT2D eigenvalue weighted by Crippen LogP contribution is 2.50. The molecule has 4 atom stereocenters. The van der Waals surface area contributed by atoms with Crippen LogP contribution in [0.3, 0.4) is 0 Å². The van der Waals surface area contributed by atoms with Crippen LogP contribution in [-0.4, -0.2) is 61.5 Å². The summed E-state index contributed by atoms with van der Waals surface area (Å²) in [5.41, 5.74) is 1.44. The molecule has 0 spiro atoms. The Labute approximate surface area is 179 Å². The number of sulfonamides is 1. The molecule has 2 aliphatic rings. The second-order valence-corrected chi connectivity index (χ2v) is 9.72. The molecule has 31 heavy (non-hydrogen) atoms. The van der Waals surface area contributed by atoms with Crippen molar-refractivity contribution in [2.75, 3.05) is 27.1 Å². The number of pyridine rings is 1. The number of aromatic nitrogens is 1. The number of ether oxygens (including phenoxy) is 2. The molecule has 0 amide bonds. The number of fused-ring (bicyclic) bond motifs is 3. The second-order valence-electron chi connectivity index (χ2n) is 7.83. The van der Waals surface area contributed by atoms with E-state index in [4.69, 9.17) is 9.47 Å². The molecule has 2 aliphatic heterocycles. The first kappa shape index (κ1) is 21.5. The van der Waals surface area contributed by atoms with Gasteiger partial charge in [0, 0.05) is 36.2 Å². The lowest BCUT2D eigenvalue weighted by Crippen LogP contribution is -2.46. The number of carbonyl (C=O) groups excluding carboxylic acids is 1. The molecule has 1 N–H and O–H groups in total. The Bertz CT molecular complexity index is 1170. The number of hydrogen-bond acceptors (Lipinski definition) is 7. The number of rotatable bonds is 5. The van der Waals surface area contributed by atoms with E-state index in [1.165, 1.54) is 7.11 Å². The van der Waals surface area contributed by atoms with Gasteiger partial charge in [-0.25, -0.2) is 8.42 Å². The van der Waals surface area contributed by atoms with Gasteiger partial charge >= 0.3 is 5.97 Å². The largest absolute Gasteiger partial charge is 0.497 e. The summed E-state index contributed by atoms with van der Waals surface area (Å²) in [6.45, 7) is -0.200. The summed E-state index contributed by atoms with van der Waals surface area (Å²) in [5.74, 6) is -1.16. The lowest BCUT2D eigenvalue weighted by molar-refractivity contribution is -0.146. The second kappa shape index (κ2) is 7.77. The van der Waals surface area contributed by atoms with E-state index in [1.807, 2.05) is 0 Å². The Hall–Kier alpha value is -2.69. The SMILES string of the molecule is COC(=O)[C@@H]1[C@@H](CO)[C@@H]2Cn3c(ccc(-c4ccc(OC)cc4)c3=O)[C@@H]2N1S(C)(=O)=O. The van der Waals surface area contributed by atoms with E-state index in [9.17, 15) is 23.1 Å². The van der Waals surface area contributed by atoms with Crippen molar-refractivity contribution in [3.8, 4) is 16.9 Å². The quantitative estimate of drug-likeness (QED) is 0.667. The molecule has 3 heterocycles. The van der Waals surface area contributed by atoms with Crippen LogP contribution in [0.1, 0.15) is 11.7 Å². The summed E-state index contributed by atoms with van der Waals surface area (Å²) in [6, 6.07) is 8.61. The number of aliphatic hydroxyl groups excluding tert-OH is 1. The van der Waals surface area contributed by atoms with Gasteiger partial charge in [-0.15, -0.1) is 0 Å². The van der Waals surface area contributed by atoms with E-state index in [0.29, 0.717) is 22.6 Å². The number of esters is 1. The van der Waals surface area contributed by atoms with Crippen LogP contribution in [-0.2, 0) is 26.1 Å². The van der Waals surface area contributed by atoms with Gasteiger partial charge in [0.05, 0.1) is 26.5 Å². The lowest BCUT2D eigenvalue weighted by atomic mass is 9.88. The van der Waals surface area contributed by atoms with Crippen LogP contribution < -0.4 is 10.3 Å². The molecule has 10 heteroatoms. The molecule has 0 unspecified atom stereocenters. The number of hydrogen-bond donors (Lipinski definition) is 1. The number of benzene rings is 1. The predicted molar refractivity (Wildman–Crippen MR) is 112 cm³/mol. The minimum absolute atomic E-state index is 0.202. The minimum atomic E-state index is -3.84. The first-order valence-corrected chi connectivity index (χ1v) is 11.6. The molecular formula is C21H24N2O7S. The molecule has 0 aliphatic carbocycles. The normalized spacial score (nSPS) is 25.2. The van der Waals surface area contributed by atoms with Crippen LogP contribution in [0.25, 0.3) is 11.1 Å². The third kappa shape index (κ3) is 3.35. The van der Waals surface area contributed by atoms with Gasteiger partial charge in [-0.1, -0.05) is 12.1 Å². The smallest absolute Gasteiger partial charge is 0.324 e. The minimum Gasteiger partial charge on any atom is -0.497 e. The zero-order valence-corrected chi connectivity index (χ0v) is 18.2. The van der Waals surface area contributed by atoms with Gasteiger partial charge in [0.15, 0.2) is 0 Å². The van der Waals surface area contributed by atoms with E-state index < -0.39 is 46.5 Å². The van der Waals surface area contributed by atoms with Gasteiger partial charge in [0.25, 0.3) is 5.56 Å². The molecular weight excluding hydrogens is 424 g/mol. The van der Waals surface area contributed by atoms with Gasteiger partial charge < -0.3 is 19.1 Å². The molecule has 1 aromatic heterocycles. The maximum atomic E-state index is 13.3. The molecule has 166 valence electrons. The first-order chi connectivity index (χ1) is 14.7. The molecule has 1 aromatic carbocycles. The Morgan fingerprint density at radius 2 is 1.84 bits per heavy atom. The van der Waals surface area contributed by atoms with E-state index in [1.54, 1.807) is 48.1 Å². The van der Waals surface area contributed by atoms with Crippen molar-refractivity contribution in [3.63, 3.8) is 0 Å². The summed E-state index contributed by atoms with van der Waals surface area (Å²) in [4.78, 5) is 25.7. The molecule has 1 saturated heterocycles. The number of nitrogens with zero attached hydrogens (tertiary/aromatic N) is 2. The van der Waals surface area contributed by atoms with Crippen molar-refractivity contribution in [1.29, 1.82) is 0 Å². The van der Waals surface area contributed by atoms with Crippen LogP contribution in [0.2, 0.25) is 0 Å². The fourth-order valence-corrected chi connectivity index (χ4v) is 6.22. The average Bonchev–Trinajstić information content (AvgIpc) is 3.28. The zero-order chi connectivity index (χ0) is 22.5. The van der Waals surface area contributed by atoms with Crippen molar-refractivity contribution in [2.45, 2.75) is 18.6 Å². The van der Waals surface area contributed by atoms with Crippen LogP contribution >= 0.6 is 0 Å². The van der Waals surface area contributed by atoms with Crippen LogP contribution in [0.5, 0.6) is 5.75 Å². The monoisotopic (exact) mass is 448 g/mol. The average molecular weight is 448 g/mol. The summed E-state index contributed by atoms with van der Waals surface area (Å²) < 4.78 is 37.9. The van der Waals surface area contributed by atoms with Crippen LogP contribution in [0.4, 0.5) is 0 Å². The maximum absolute atomic E-state index is 13.3. The molecule has 9 nitrogen and oxygen atoms in total. The predicted octanol–water partition coefficient (Wildman–Crippen LogP) is 0.620. The maximum Gasteiger partial charge on any atom is 0.324 e. The highest BCUT2D eigenvalue weighted by atomic mass is 32.2. The van der Waals surface area contributed by atoms with Crippen molar-refractivity contribution in [2.24, 2.45) is 11.8 Å². The topological polar surface area (TPSA) is 115 Å². The summed E-state index contributed by atoms with van der Waals surface area (Å²) in [6.07, 6.45) is 1.02. The van der Waals surface area contributed by atoms with Crippen LogP contribution in [0.15, 0.2) is 41.2 Å². The number of aliphatic hydroxyl groups is 1. The number of carbonyl (C=O) groups is 1. The Balaban J connectivity index is 1.83. The van der Waals surface area contributed by atoms with E-state index in [2.05, 4.69) is 0 Å². The first-order valence-electron chi connectivity index (χ1n) is 9.78. The summed E-state index contributed by atoms with van der Waals surface area (Å²) >= 11 is 0. The van der Waals surface area contributed by atoms with Gasteiger partial charge in [-0.05, 0) is 29.8 Å². The number of methoxy groups -OCH3 is 2. The zero-order valence-electron chi connectivity index (χ0n) is 17.4. The van der Waals surface area contributed by atoms with Crippen molar-refractivity contribution < 1.29 is 27.8 Å². The highest BCUT2D eigenvalue weighted by Gasteiger charge is 2.59. The summed E-state index contributed by atoms with van der Waals surface area (Å²) in [7, 11) is -1.09. The fraction of sp³-hybridized carbons (Fsp3) is 0.429. The molecule has 0 radical (unpaired) electrons. The third-order valence-corrected chi connectivity index (χ3v) is 7.47. The van der Waals surface area contributed by atoms with Crippen molar-refractivity contribution >= 4 is 16.0 Å². The van der Waals surface area contributed by atoms with Gasteiger partial charge in [0.2, 0.25) is 10.0 Å². The molecule has 1 fully saturated rings. The third-order valence-electron chi connectivity index (χ3n) is 6.25. The van der Waals surface area contributed by atoms with E-state index >= 15 is 0 Å². The fourth-order valence-electron chi connectivity index (χ4n) is 4.89. The molecule has 2 aromatic rings. The van der Waals surface area contributed by atoms with E-state index in [-0.39, 0.29) is 12.1 Å². The Morgan fingerprint density at radius 1 is 1.16 bits per heavy atom. The summed E-state index contributed by atoms with van der Waals surface area (Å²) in [5, 5.41) is 10.0. The van der Waals surface area contributed by atoms with Crippen molar-refractivity contribution in [1.82, 2.24) is 8.87 Å². The van der Waals surface area contributed by atoms with Crippen molar-refractivity contribution in [3.05, 3.63) is 52.4 Å². The Kier molecular flexibility index (Phi) is 5.40.